The molecule has 406 valence electrons. The number of rotatable bonds is 53. The molecule has 0 saturated carbocycles. The molecule has 0 unspecified atom stereocenters. The summed E-state index contributed by atoms with van der Waals surface area (Å²) >= 11 is 0. The molecule has 0 aromatic carbocycles. The molecule has 0 aliphatic heterocycles. The SMILES string of the molecule is CC/C=C\C/C=C\C/C=C\C/C=C\CCCCCCC(=O)O[C@H](COC(=O)CCCC/C=C\C/C=C\C/C=C\C/C=C\CC)COC(=O)CCCCCCCCCCCCCCCCCCCCCCC. The Hall–Kier alpha value is -3.67. The van der Waals surface area contributed by atoms with Gasteiger partial charge < -0.3 is 14.2 Å². The van der Waals surface area contributed by atoms with Crippen LogP contribution in [0.5, 0.6) is 0 Å². The topological polar surface area (TPSA) is 78.9 Å². The molecule has 0 spiro atoms. The quantitative estimate of drug-likeness (QED) is 0.0261. The van der Waals surface area contributed by atoms with E-state index in [0.29, 0.717) is 19.3 Å². The number of ether oxygens (including phenoxy) is 3. The van der Waals surface area contributed by atoms with Crippen LogP contribution in [0.1, 0.15) is 278 Å². The van der Waals surface area contributed by atoms with Gasteiger partial charge >= 0.3 is 17.9 Å². The summed E-state index contributed by atoms with van der Waals surface area (Å²) in [5, 5.41) is 0. The van der Waals surface area contributed by atoms with Crippen LogP contribution in [-0.4, -0.2) is 37.2 Å². The summed E-state index contributed by atoms with van der Waals surface area (Å²) < 4.78 is 16.8. The highest BCUT2D eigenvalue weighted by Gasteiger charge is 2.19. The highest BCUT2D eigenvalue weighted by atomic mass is 16.6. The largest absolute Gasteiger partial charge is 0.462 e. The first-order valence-electron chi connectivity index (χ1n) is 29.7. The molecule has 71 heavy (non-hydrogen) atoms. The van der Waals surface area contributed by atoms with Crippen molar-refractivity contribution in [2.45, 2.75) is 284 Å². The average Bonchev–Trinajstić information content (AvgIpc) is 3.37. The number of esters is 3. The third-order valence-electron chi connectivity index (χ3n) is 12.6. The first kappa shape index (κ1) is 67.3. The summed E-state index contributed by atoms with van der Waals surface area (Å²) in [6.45, 7) is 6.38. The number of carbonyl (C=O) groups excluding carboxylic acids is 3. The molecule has 0 aliphatic rings. The van der Waals surface area contributed by atoms with Crippen molar-refractivity contribution in [1.82, 2.24) is 0 Å². The first-order chi connectivity index (χ1) is 35.0. The summed E-state index contributed by atoms with van der Waals surface area (Å²) in [6, 6.07) is 0. The molecule has 0 fully saturated rings. The van der Waals surface area contributed by atoms with Gasteiger partial charge in [-0.2, -0.15) is 0 Å². The van der Waals surface area contributed by atoms with Crippen molar-refractivity contribution in [3.05, 3.63) is 97.2 Å². The van der Waals surface area contributed by atoms with E-state index >= 15 is 0 Å². The van der Waals surface area contributed by atoms with Crippen molar-refractivity contribution < 1.29 is 28.6 Å². The second kappa shape index (κ2) is 58.9. The van der Waals surface area contributed by atoms with Crippen LogP contribution < -0.4 is 0 Å². The van der Waals surface area contributed by atoms with Crippen LogP contribution in [0, 0.1) is 0 Å². The summed E-state index contributed by atoms with van der Waals surface area (Å²) in [6.07, 6.45) is 78.4. The summed E-state index contributed by atoms with van der Waals surface area (Å²) in [4.78, 5) is 38.2. The fraction of sp³-hybridized carbons (Fsp3) is 0.708. The Morgan fingerprint density at radius 3 is 0.887 bits per heavy atom. The Labute approximate surface area is 438 Å². The molecule has 0 aromatic heterocycles. The van der Waals surface area contributed by atoms with Crippen LogP contribution in [0.3, 0.4) is 0 Å². The summed E-state index contributed by atoms with van der Waals surface area (Å²) in [5.41, 5.74) is 0. The van der Waals surface area contributed by atoms with Gasteiger partial charge in [0, 0.05) is 19.3 Å². The van der Waals surface area contributed by atoms with E-state index in [4.69, 9.17) is 14.2 Å². The number of hydrogen-bond donors (Lipinski definition) is 0. The lowest BCUT2D eigenvalue weighted by molar-refractivity contribution is -0.167. The minimum atomic E-state index is -0.808. The van der Waals surface area contributed by atoms with E-state index in [9.17, 15) is 14.4 Å². The zero-order valence-corrected chi connectivity index (χ0v) is 46.5. The first-order valence-corrected chi connectivity index (χ1v) is 29.7. The van der Waals surface area contributed by atoms with Crippen molar-refractivity contribution in [2.24, 2.45) is 0 Å². The van der Waals surface area contributed by atoms with Crippen LogP contribution in [0.25, 0.3) is 0 Å². The van der Waals surface area contributed by atoms with E-state index in [2.05, 4.69) is 118 Å². The van der Waals surface area contributed by atoms with Gasteiger partial charge in [0.1, 0.15) is 13.2 Å². The van der Waals surface area contributed by atoms with Gasteiger partial charge in [-0.25, -0.2) is 0 Å². The van der Waals surface area contributed by atoms with E-state index in [0.717, 1.165) is 122 Å². The molecular formula is C65H110O6. The molecule has 6 heteroatoms. The van der Waals surface area contributed by atoms with Gasteiger partial charge in [-0.3, -0.25) is 14.4 Å². The zero-order valence-electron chi connectivity index (χ0n) is 46.5. The lowest BCUT2D eigenvalue weighted by Gasteiger charge is -2.18. The fourth-order valence-corrected chi connectivity index (χ4v) is 8.19. The van der Waals surface area contributed by atoms with Gasteiger partial charge in [0.2, 0.25) is 0 Å². The van der Waals surface area contributed by atoms with Gasteiger partial charge in [0.15, 0.2) is 6.10 Å². The second-order valence-electron chi connectivity index (χ2n) is 19.5. The number of allylic oxidation sites excluding steroid dienone is 16. The standard InChI is InChI=1S/C65H110O6/c1-4-7-10-13-16-19-22-25-28-30-31-32-33-35-37-40-43-46-49-52-55-58-64(67)70-61-62(60-69-63(66)57-54-51-48-45-42-39-36-27-24-21-18-15-12-9-6-3)71-65(68)59-56-53-50-47-44-41-38-34-29-26-23-20-17-14-11-8-5-2/h8-9,11-12,17-18,20-21,26-27,29,36,38,41-42,45,62H,4-7,10,13-16,19,22-25,28,30-35,37,39-40,43-44,46-61H2,1-3H3/b11-8-,12-9-,20-17-,21-18-,29-26-,36-27-,41-38-,45-42-/t62-/m1/s1. The van der Waals surface area contributed by atoms with Gasteiger partial charge in [-0.15, -0.1) is 0 Å². The molecule has 0 radical (unpaired) electrons. The molecule has 1 atom stereocenters. The van der Waals surface area contributed by atoms with E-state index in [1.54, 1.807) is 0 Å². The van der Waals surface area contributed by atoms with E-state index in [1.807, 2.05) is 0 Å². The Balaban J connectivity index is 4.42. The van der Waals surface area contributed by atoms with Crippen molar-refractivity contribution >= 4 is 17.9 Å². The monoisotopic (exact) mass is 987 g/mol. The lowest BCUT2D eigenvalue weighted by atomic mass is 10.0. The molecule has 0 saturated heterocycles. The van der Waals surface area contributed by atoms with Crippen molar-refractivity contribution in [1.29, 1.82) is 0 Å². The predicted molar refractivity (Wildman–Crippen MR) is 307 cm³/mol. The van der Waals surface area contributed by atoms with Crippen molar-refractivity contribution in [3.8, 4) is 0 Å². The van der Waals surface area contributed by atoms with Gasteiger partial charge in [-0.1, -0.05) is 259 Å². The molecule has 6 nitrogen and oxygen atoms in total. The van der Waals surface area contributed by atoms with Crippen LogP contribution in [0.2, 0.25) is 0 Å². The highest BCUT2D eigenvalue weighted by molar-refractivity contribution is 5.71. The minimum absolute atomic E-state index is 0.0994. The maximum Gasteiger partial charge on any atom is 0.306 e. The zero-order chi connectivity index (χ0) is 51.4. The molecule has 0 heterocycles. The third-order valence-corrected chi connectivity index (χ3v) is 12.6. The maximum atomic E-state index is 12.9. The Morgan fingerprint density at radius 2 is 0.549 bits per heavy atom. The van der Waals surface area contributed by atoms with Crippen LogP contribution in [0.4, 0.5) is 0 Å². The van der Waals surface area contributed by atoms with Crippen molar-refractivity contribution in [2.75, 3.05) is 13.2 Å². The highest BCUT2D eigenvalue weighted by Crippen LogP contribution is 2.16. The lowest BCUT2D eigenvalue weighted by Crippen LogP contribution is -2.30. The molecule has 0 aromatic rings. The van der Waals surface area contributed by atoms with Crippen LogP contribution in [0.15, 0.2) is 97.2 Å². The van der Waals surface area contributed by atoms with Crippen molar-refractivity contribution in [3.63, 3.8) is 0 Å². The normalized spacial score (nSPS) is 12.8. The van der Waals surface area contributed by atoms with Crippen LogP contribution >= 0.6 is 0 Å². The van der Waals surface area contributed by atoms with E-state index in [1.165, 1.54) is 116 Å². The fourth-order valence-electron chi connectivity index (χ4n) is 8.19. The number of hydrogen-bond acceptors (Lipinski definition) is 6. The molecular weight excluding hydrogens is 877 g/mol. The predicted octanol–water partition coefficient (Wildman–Crippen LogP) is 20.1. The second-order valence-corrected chi connectivity index (χ2v) is 19.5. The molecule has 0 amide bonds. The Bertz CT molecular complexity index is 1410. The maximum absolute atomic E-state index is 12.9. The van der Waals surface area contributed by atoms with Crippen LogP contribution in [-0.2, 0) is 28.6 Å². The van der Waals surface area contributed by atoms with Gasteiger partial charge in [-0.05, 0) is 96.3 Å². The smallest absolute Gasteiger partial charge is 0.306 e. The van der Waals surface area contributed by atoms with E-state index in [-0.39, 0.29) is 31.1 Å². The molecule has 0 rings (SSSR count). The number of carbonyl (C=O) groups is 3. The molecule has 0 bridgehead atoms. The Morgan fingerprint density at radius 1 is 0.296 bits per heavy atom. The summed E-state index contributed by atoms with van der Waals surface area (Å²) in [7, 11) is 0. The van der Waals surface area contributed by atoms with E-state index < -0.39 is 6.10 Å². The molecule has 0 aliphatic carbocycles. The van der Waals surface area contributed by atoms with Gasteiger partial charge in [0.25, 0.3) is 0 Å². The average molecular weight is 988 g/mol. The minimum Gasteiger partial charge on any atom is -0.462 e. The summed E-state index contributed by atoms with van der Waals surface area (Å²) in [5.74, 6) is -0.960. The van der Waals surface area contributed by atoms with Gasteiger partial charge in [0.05, 0.1) is 0 Å². The Kier molecular flexibility index (Phi) is 55.9. The molecule has 0 N–H and O–H groups in total. The third kappa shape index (κ3) is 57.1. The number of unbranched alkanes of at least 4 members (excludes halogenated alkanes) is 26.